The smallest absolute Gasteiger partial charge is 0.528 e. The Bertz CT molecular complexity index is 215. The summed E-state index contributed by atoms with van der Waals surface area (Å²) in [5.41, 5.74) is 0. The van der Waals surface area contributed by atoms with Crippen LogP contribution in [0.15, 0.2) is 12.4 Å². The maximum Gasteiger partial charge on any atom is 1.00 e. The van der Waals surface area contributed by atoms with Crippen LogP contribution in [0.5, 0.6) is 5.75 Å². The molecule has 0 unspecified atom stereocenters. The molecule has 60 valence electrons. The third-order valence-electron chi connectivity index (χ3n) is 1.11. The van der Waals surface area contributed by atoms with Gasteiger partial charge in [-0.15, -0.1) is 0 Å². The van der Waals surface area contributed by atoms with E-state index in [-0.39, 0.29) is 58.2 Å². The van der Waals surface area contributed by atoms with Gasteiger partial charge in [-0.1, -0.05) is 0 Å². The maximum atomic E-state index is 4.87. The summed E-state index contributed by atoms with van der Waals surface area (Å²) >= 11 is 0. The van der Waals surface area contributed by atoms with Gasteiger partial charge in [0.2, 0.25) is 0 Å². The topological polar surface area (TPSA) is 44.2 Å². The minimum atomic E-state index is 0. The molecule has 0 aliphatic heterocycles. The fourth-order valence-electron chi connectivity index (χ4n) is 0.598. The molecule has 1 rings (SSSR count). The van der Waals surface area contributed by atoms with Gasteiger partial charge < -0.3 is 9.47 Å². The molecule has 1 aromatic heterocycles. The van der Waals surface area contributed by atoms with Gasteiger partial charge in [0.15, 0.2) is 5.75 Å². The van der Waals surface area contributed by atoms with E-state index in [1.165, 1.54) is 6.61 Å². The van der Waals surface area contributed by atoms with Crippen molar-refractivity contribution in [3.05, 3.63) is 24.8 Å². The molecular weight excluding hydrogens is 230 g/mol. The molecule has 1 heterocycles. The Morgan fingerprint density at radius 3 is 2.25 bits per heavy atom. The van der Waals surface area contributed by atoms with E-state index >= 15 is 0 Å². The van der Waals surface area contributed by atoms with Crippen LogP contribution in [0.1, 0.15) is 5.82 Å². The second kappa shape index (κ2) is 6.97. The van der Waals surface area contributed by atoms with Gasteiger partial charge in [-0.2, -0.15) is 0 Å². The number of rotatable bonds is 3. The van der Waals surface area contributed by atoms with Crippen LogP contribution in [0.2, 0.25) is 0 Å². The van der Waals surface area contributed by atoms with E-state index in [1.54, 1.807) is 26.6 Å². The molecule has 4 nitrogen and oxygen atoms in total. The van der Waals surface area contributed by atoms with Gasteiger partial charge in [0.25, 0.3) is 0 Å². The number of aromatic nitrogens is 2. The zero-order valence-corrected chi connectivity index (χ0v) is 12.4. The van der Waals surface area contributed by atoms with Crippen LogP contribution in [0.25, 0.3) is 0 Å². The summed E-state index contributed by atoms with van der Waals surface area (Å²) in [7, 11) is 3.12. The minimum Gasteiger partial charge on any atom is -0.528 e. The van der Waals surface area contributed by atoms with Crippen molar-refractivity contribution in [2.24, 2.45) is 0 Å². The number of hydrogen-bond acceptors (Lipinski definition) is 4. The predicted octanol–water partition coefficient (Wildman–Crippen LogP) is -2.35. The maximum absolute atomic E-state index is 4.87. The molecule has 0 aliphatic carbocycles. The molecule has 12 heavy (non-hydrogen) atoms. The Morgan fingerprint density at radius 1 is 1.25 bits per heavy atom. The van der Waals surface area contributed by atoms with Crippen molar-refractivity contribution < 1.29 is 67.7 Å². The Hall–Kier alpha value is 0.515. The molecule has 0 atom stereocenters. The van der Waals surface area contributed by atoms with Gasteiger partial charge in [-0.3, -0.25) is 9.97 Å². The van der Waals surface area contributed by atoms with Crippen molar-refractivity contribution in [2.45, 2.75) is 0 Å². The number of nitrogens with zero attached hydrogens (tertiary/aromatic N) is 2. The van der Waals surface area contributed by atoms with E-state index in [4.69, 9.17) is 9.47 Å². The molecule has 0 saturated heterocycles. The van der Waals surface area contributed by atoms with E-state index in [2.05, 4.69) is 9.97 Å². The molecule has 0 aromatic carbocycles. The van der Waals surface area contributed by atoms with E-state index in [0.717, 1.165) is 0 Å². The fourth-order valence-corrected chi connectivity index (χ4v) is 0.598. The molecule has 0 N–H and O–H groups in total. The van der Waals surface area contributed by atoms with Gasteiger partial charge in [0.1, 0.15) is 0 Å². The van der Waals surface area contributed by atoms with Crippen LogP contribution in [0.4, 0.5) is 0 Å². The first-order valence-electron chi connectivity index (χ1n) is 3.09. The summed E-state index contributed by atoms with van der Waals surface area (Å²) in [4.78, 5) is 7.85. The molecule has 0 saturated carbocycles. The Balaban J connectivity index is 0.00000121. The number of ether oxygens (including phenoxy) is 2. The van der Waals surface area contributed by atoms with Gasteiger partial charge in [0.05, 0.1) is 19.5 Å². The van der Waals surface area contributed by atoms with Crippen molar-refractivity contribution in [3.8, 4) is 5.75 Å². The van der Waals surface area contributed by atoms with Crippen molar-refractivity contribution in [1.29, 1.82) is 0 Å². The Kier molecular flexibility index (Phi) is 7.27. The van der Waals surface area contributed by atoms with E-state index in [0.29, 0.717) is 11.6 Å². The molecule has 0 amide bonds. The van der Waals surface area contributed by atoms with Gasteiger partial charge >= 0.3 is 58.2 Å². The van der Waals surface area contributed by atoms with Crippen LogP contribution < -0.4 is 62.9 Å². The second-order valence-electron chi connectivity index (χ2n) is 1.83. The van der Waals surface area contributed by atoms with Crippen LogP contribution in [0, 0.1) is 6.61 Å². The van der Waals surface area contributed by atoms with Gasteiger partial charge in [-0.25, -0.2) is 6.61 Å². The summed E-state index contributed by atoms with van der Waals surface area (Å²) in [5.74, 6) is 1.17. The fraction of sp³-hybridized carbons (Fsp3) is 0.286. The average Bonchev–Trinajstić information content (AvgIpc) is 2.07. The second-order valence-corrected chi connectivity index (χ2v) is 1.83. The average molecular weight is 239 g/mol. The van der Waals surface area contributed by atoms with Crippen LogP contribution in [-0.4, -0.2) is 24.2 Å². The van der Waals surface area contributed by atoms with Gasteiger partial charge in [0, 0.05) is 12.9 Å². The third-order valence-corrected chi connectivity index (χ3v) is 1.11. The molecule has 0 aliphatic rings. The molecular formula is C7H9N2O2Rb. The Morgan fingerprint density at radius 2 is 1.83 bits per heavy atom. The molecule has 1 aromatic rings. The van der Waals surface area contributed by atoms with Crippen LogP contribution in [-0.2, 0) is 4.74 Å². The molecule has 0 radical (unpaired) electrons. The van der Waals surface area contributed by atoms with Crippen molar-refractivity contribution in [1.82, 2.24) is 9.97 Å². The number of methoxy groups -OCH3 is 2. The first kappa shape index (κ1) is 12.5. The van der Waals surface area contributed by atoms with E-state index in [1.807, 2.05) is 0 Å². The zero-order valence-electron chi connectivity index (χ0n) is 7.44. The van der Waals surface area contributed by atoms with E-state index in [9.17, 15) is 0 Å². The van der Waals surface area contributed by atoms with Crippen LogP contribution in [0.3, 0.4) is 0 Å². The first-order chi connectivity index (χ1) is 5.36. The monoisotopic (exact) mass is 238 g/mol. The summed E-state index contributed by atoms with van der Waals surface area (Å²) in [6, 6.07) is 0. The quantitative estimate of drug-likeness (QED) is 0.553. The van der Waals surface area contributed by atoms with Gasteiger partial charge in [-0.05, 0) is 0 Å². The normalized spacial score (nSPS) is 8.50. The molecule has 0 fully saturated rings. The summed E-state index contributed by atoms with van der Waals surface area (Å²) in [6.45, 7) is 1.46. The van der Waals surface area contributed by atoms with Crippen molar-refractivity contribution in [3.63, 3.8) is 0 Å². The standard InChI is InChI=1S/C7H9N2O2.Rb/c1-10-5-7-8-3-6(11-2)4-9-7;/h3-5H,1-2H3;/q-1;+1. The van der Waals surface area contributed by atoms with Crippen LogP contribution >= 0.6 is 0 Å². The molecule has 5 heteroatoms. The van der Waals surface area contributed by atoms with Crippen molar-refractivity contribution >= 4 is 0 Å². The number of hydrogen-bond donors (Lipinski definition) is 0. The zero-order chi connectivity index (χ0) is 8.10. The minimum absolute atomic E-state index is 0. The third kappa shape index (κ3) is 3.95. The Labute approximate surface area is 120 Å². The molecule has 0 bridgehead atoms. The predicted molar refractivity (Wildman–Crippen MR) is 39.0 cm³/mol. The van der Waals surface area contributed by atoms with Crippen molar-refractivity contribution in [2.75, 3.05) is 14.2 Å². The summed E-state index contributed by atoms with van der Waals surface area (Å²) in [5, 5.41) is 0. The largest absolute Gasteiger partial charge is 1.00 e. The molecule has 0 spiro atoms. The SMILES string of the molecule is CO[CH-]c1ncc(OC)cn1.[Rb+]. The summed E-state index contributed by atoms with van der Waals surface area (Å²) < 4.78 is 9.58. The van der Waals surface area contributed by atoms with E-state index < -0.39 is 0 Å². The summed E-state index contributed by atoms with van der Waals surface area (Å²) in [6.07, 6.45) is 3.16. The first-order valence-corrected chi connectivity index (χ1v) is 3.09.